The van der Waals surface area contributed by atoms with E-state index in [2.05, 4.69) is 102 Å². The van der Waals surface area contributed by atoms with Gasteiger partial charge in [0.25, 0.3) is 0 Å². The number of aryl methyl sites for hydroxylation is 6. The van der Waals surface area contributed by atoms with Crippen LogP contribution in [0.15, 0.2) is 24.3 Å². The highest BCUT2D eigenvalue weighted by Gasteiger charge is 2.49. The highest BCUT2D eigenvalue weighted by molar-refractivity contribution is 5.84. The van der Waals surface area contributed by atoms with Crippen LogP contribution in [-0.2, 0) is 0 Å². The molecule has 0 aliphatic carbocycles. The van der Waals surface area contributed by atoms with Gasteiger partial charge in [-0.1, -0.05) is 35.4 Å². The van der Waals surface area contributed by atoms with Crippen LogP contribution in [0.25, 0.3) is 0 Å². The molecule has 2 aromatic carbocycles. The van der Waals surface area contributed by atoms with Gasteiger partial charge >= 0.3 is 0 Å². The lowest BCUT2D eigenvalue weighted by Gasteiger charge is -2.30. The Morgan fingerprint density at radius 3 is 1.65 bits per heavy atom. The minimum absolute atomic E-state index is 0.00848. The van der Waals surface area contributed by atoms with E-state index in [4.69, 9.17) is 0 Å². The Bertz CT molecular complexity index is 856. The van der Waals surface area contributed by atoms with Crippen LogP contribution in [0.2, 0.25) is 0 Å². The summed E-state index contributed by atoms with van der Waals surface area (Å²) in [6.45, 7) is 20.3. The van der Waals surface area contributed by atoms with E-state index < -0.39 is 0 Å². The molecule has 0 saturated heterocycles. The third-order valence-corrected chi connectivity index (χ3v) is 6.07. The van der Waals surface area contributed by atoms with E-state index >= 15 is 0 Å². The summed E-state index contributed by atoms with van der Waals surface area (Å²) in [6, 6.07) is 9.55. The summed E-state index contributed by atoms with van der Waals surface area (Å²) >= 11 is 0. The van der Waals surface area contributed by atoms with Crippen LogP contribution >= 0.6 is 0 Å². The molecule has 1 atom stereocenters. The summed E-state index contributed by atoms with van der Waals surface area (Å²) in [5.41, 5.74) is 10.7. The fourth-order valence-electron chi connectivity index (χ4n) is 4.64. The molecule has 0 radical (unpaired) electrons. The van der Waals surface area contributed by atoms with Crippen molar-refractivity contribution in [3.05, 3.63) is 57.6 Å². The molecule has 0 fully saturated rings. The Morgan fingerprint density at radius 2 is 1.19 bits per heavy atom. The Hall–Kier alpha value is -2.09. The highest BCUT2D eigenvalue weighted by atomic mass is 15.3. The smallest absolute Gasteiger partial charge is 0.226 e. The maximum atomic E-state index is 2.49. The summed E-state index contributed by atoms with van der Waals surface area (Å²) in [4.78, 5) is 2.49. The van der Waals surface area contributed by atoms with Gasteiger partial charge in [-0.25, -0.2) is 9.48 Å². The minimum atomic E-state index is 0.00848. The molecular weight excluding hydrogens is 316 g/mol. The van der Waals surface area contributed by atoms with Crippen LogP contribution in [0.3, 0.4) is 0 Å². The largest absolute Gasteiger partial charge is 0.245 e. The van der Waals surface area contributed by atoms with Gasteiger partial charge in [-0.15, -0.1) is 0 Å². The maximum Gasteiger partial charge on any atom is 0.245 e. The Labute approximate surface area is 159 Å². The van der Waals surface area contributed by atoms with Gasteiger partial charge in [0.15, 0.2) is 0 Å². The molecule has 2 heteroatoms. The summed E-state index contributed by atoms with van der Waals surface area (Å²) in [5, 5.41) is 0. The van der Waals surface area contributed by atoms with Crippen LogP contribution < -0.4 is 4.90 Å². The summed E-state index contributed by atoms with van der Waals surface area (Å²) < 4.78 is 2.48. The predicted molar refractivity (Wildman–Crippen MR) is 113 cm³/mol. The molecule has 0 saturated carbocycles. The third kappa shape index (κ3) is 2.86. The second-order valence-electron chi connectivity index (χ2n) is 8.72. The van der Waals surface area contributed by atoms with E-state index in [9.17, 15) is 0 Å². The van der Waals surface area contributed by atoms with Gasteiger partial charge in [0.2, 0.25) is 6.34 Å². The average molecular weight is 350 g/mol. The van der Waals surface area contributed by atoms with Crippen molar-refractivity contribution < 1.29 is 4.58 Å². The van der Waals surface area contributed by atoms with E-state index in [1.54, 1.807) is 0 Å². The van der Waals surface area contributed by atoms with E-state index in [-0.39, 0.29) is 5.54 Å². The maximum absolute atomic E-state index is 2.49. The number of nitrogens with zero attached hydrogens (tertiary/aromatic N) is 2. The average Bonchev–Trinajstić information content (AvgIpc) is 2.70. The lowest BCUT2D eigenvalue weighted by atomic mass is 9.92. The highest BCUT2D eigenvalue weighted by Crippen LogP contribution is 2.39. The van der Waals surface area contributed by atoms with Crippen molar-refractivity contribution in [2.24, 2.45) is 0 Å². The van der Waals surface area contributed by atoms with Crippen LogP contribution in [0, 0.1) is 41.5 Å². The van der Waals surface area contributed by atoms with Crippen molar-refractivity contribution >= 4 is 17.7 Å². The third-order valence-electron chi connectivity index (χ3n) is 6.07. The zero-order valence-corrected chi connectivity index (χ0v) is 17.9. The van der Waals surface area contributed by atoms with Crippen LogP contribution in [0.4, 0.5) is 11.4 Å². The van der Waals surface area contributed by atoms with E-state index in [1.165, 1.54) is 44.8 Å². The van der Waals surface area contributed by atoms with Crippen LogP contribution in [-0.4, -0.2) is 22.5 Å². The zero-order chi connectivity index (χ0) is 19.4. The zero-order valence-electron chi connectivity index (χ0n) is 17.9. The fourth-order valence-corrected chi connectivity index (χ4v) is 4.64. The fraction of sp³-hybridized carbons (Fsp3) is 0.458. The number of anilines is 1. The summed E-state index contributed by atoms with van der Waals surface area (Å²) in [6.07, 6.45) is 2.33. The molecule has 0 N–H and O–H groups in total. The lowest BCUT2D eigenvalue weighted by molar-refractivity contribution is -0.475. The van der Waals surface area contributed by atoms with Crippen molar-refractivity contribution in [2.45, 2.75) is 73.9 Å². The predicted octanol–water partition coefficient (Wildman–Crippen LogP) is 5.90. The first-order chi connectivity index (χ1) is 12.0. The first-order valence-corrected chi connectivity index (χ1v) is 9.62. The minimum Gasteiger partial charge on any atom is -0.226 e. The molecule has 3 rings (SSSR count). The number of benzene rings is 2. The number of hydrogen-bond acceptors (Lipinski definition) is 1. The van der Waals surface area contributed by atoms with Gasteiger partial charge in [-0.05, 0) is 84.6 Å². The molecule has 0 aromatic heterocycles. The van der Waals surface area contributed by atoms with E-state index in [1.807, 2.05) is 0 Å². The lowest BCUT2D eigenvalue weighted by Crippen LogP contribution is -2.47. The topological polar surface area (TPSA) is 6.25 Å². The summed E-state index contributed by atoms with van der Waals surface area (Å²) in [5.74, 6) is 0. The monoisotopic (exact) mass is 349 g/mol. The molecular formula is C24H33N2+. The molecule has 0 bridgehead atoms. The van der Waals surface area contributed by atoms with Crippen molar-refractivity contribution in [3.8, 4) is 0 Å². The van der Waals surface area contributed by atoms with Gasteiger partial charge in [0.1, 0.15) is 23.0 Å². The second-order valence-corrected chi connectivity index (χ2v) is 8.72. The molecule has 0 spiro atoms. The molecule has 26 heavy (non-hydrogen) atoms. The van der Waals surface area contributed by atoms with Gasteiger partial charge < -0.3 is 0 Å². The van der Waals surface area contributed by atoms with Gasteiger partial charge in [0.05, 0.1) is 0 Å². The quantitative estimate of drug-likeness (QED) is 0.612. The molecule has 0 unspecified atom stereocenters. The normalized spacial score (nSPS) is 19.0. The number of rotatable bonds is 2. The standard InChI is InChI=1S/C24H33N2/c1-15-10-17(3)22(18(4)11-15)25-14-26(24(8,9)21(25)7)23-19(5)12-16(2)13-20(23)6/h10-14,21H,1-9H3/q+1/t21-/m1/s1. The van der Waals surface area contributed by atoms with E-state index in [0.717, 1.165) is 0 Å². The van der Waals surface area contributed by atoms with Crippen LogP contribution in [0.1, 0.15) is 54.2 Å². The van der Waals surface area contributed by atoms with Gasteiger partial charge in [-0.3, -0.25) is 0 Å². The Morgan fingerprint density at radius 1 is 0.769 bits per heavy atom. The van der Waals surface area contributed by atoms with Crippen molar-refractivity contribution in [3.63, 3.8) is 0 Å². The van der Waals surface area contributed by atoms with Crippen molar-refractivity contribution in [2.75, 3.05) is 4.90 Å². The van der Waals surface area contributed by atoms with Crippen molar-refractivity contribution in [1.29, 1.82) is 0 Å². The molecule has 2 aromatic rings. The Kier molecular flexibility index (Phi) is 4.50. The van der Waals surface area contributed by atoms with Gasteiger partial charge in [0, 0.05) is 0 Å². The second kappa shape index (κ2) is 6.26. The molecule has 1 aliphatic rings. The van der Waals surface area contributed by atoms with Crippen LogP contribution in [0.5, 0.6) is 0 Å². The molecule has 1 heterocycles. The number of hydrogen-bond donors (Lipinski definition) is 0. The molecule has 0 amide bonds. The first kappa shape index (κ1) is 18.7. The van der Waals surface area contributed by atoms with Crippen molar-refractivity contribution in [1.82, 2.24) is 0 Å². The molecule has 2 nitrogen and oxygen atoms in total. The molecule has 138 valence electrons. The van der Waals surface area contributed by atoms with Gasteiger partial charge in [-0.2, -0.15) is 0 Å². The first-order valence-electron chi connectivity index (χ1n) is 9.62. The van der Waals surface area contributed by atoms with E-state index in [0.29, 0.717) is 6.04 Å². The molecule has 1 aliphatic heterocycles. The SMILES string of the molecule is Cc1cc(C)c(N2C=[N+](c3c(C)cc(C)cc3C)[C@H](C)C2(C)C)c(C)c1. The summed E-state index contributed by atoms with van der Waals surface area (Å²) in [7, 11) is 0. The Balaban J connectivity index is 2.21.